The zero-order valence-corrected chi connectivity index (χ0v) is 12.6. The van der Waals surface area contributed by atoms with Crippen molar-refractivity contribution in [1.82, 2.24) is 0 Å². The van der Waals surface area contributed by atoms with Crippen LogP contribution in [-0.2, 0) is 19.6 Å². The standard InChI is InChI=1S/C14H19NO4S/c1-4-19-13(16)12-11(14(12,2)3)9-5-7-10(8-6-9)20(15,17)18/h5-8,11-12H,4H2,1-3H3,(H2,15,17,18)/t11-,12?/m1/s1. The average molecular weight is 297 g/mol. The summed E-state index contributed by atoms with van der Waals surface area (Å²) in [4.78, 5) is 12.0. The third-order valence-corrected chi connectivity index (χ3v) is 4.86. The summed E-state index contributed by atoms with van der Waals surface area (Å²) in [5.41, 5.74) is 0.760. The minimum absolute atomic E-state index is 0.0519. The summed E-state index contributed by atoms with van der Waals surface area (Å²) in [7, 11) is -3.68. The molecule has 5 nitrogen and oxygen atoms in total. The summed E-state index contributed by atoms with van der Waals surface area (Å²) in [6, 6.07) is 6.37. The molecule has 1 unspecified atom stereocenters. The Labute approximate surface area is 119 Å². The Kier molecular flexibility index (Phi) is 3.64. The number of hydrogen-bond acceptors (Lipinski definition) is 4. The second kappa shape index (κ2) is 4.86. The lowest BCUT2D eigenvalue weighted by Gasteiger charge is -2.04. The van der Waals surface area contributed by atoms with Crippen molar-refractivity contribution in [1.29, 1.82) is 0 Å². The van der Waals surface area contributed by atoms with Crippen LogP contribution in [0.15, 0.2) is 29.2 Å². The van der Waals surface area contributed by atoms with Gasteiger partial charge in [0.25, 0.3) is 0 Å². The van der Waals surface area contributed by atoms with Crippen molar-refractivity contribution in [2.24, 2.45) is 16.5 Å². The number of benzene rings is 1. The van der Waals surface area contributed by atoms with Crippen molar-refractivity contribution >= 4 is 16.0 Å². The molecule has 1 saturated carbocycles. The molecule has 1 aromatic carbocycles. The Morgan fingerprint density at radius 1 is 1.30 bits per heavy atom. The Hall–Kier alpha value is -1.40. The van der Waals surface area contributed by atoms with Gasteiger partial charge in [-0.1, -0.05) is 26.0 Å². The zero-order valence-electron chi connectivity index (χ0n) is 11.8. The van der Waals surface area contributed by atoms with Crippen LogP contribution in [-0.4, -0.2) is 21.0 Å². The fourth-order valence-electron chi connectivity index (χ4n) is 2.80. The van der Waals surface area contributed by atoms with Gasteiger partial charge in [0.2, 0.25) is 10.0 Å². The van der Waals surface area contributed by atoms with Gasteiger partial charge in [0, 0.05) is 5.92 Å². The number of carbonyl (C=O) groups excluding carboxylic acids is 1. The molecule has 2 atom stereocenters. The number of rotatable bonds is 4. The van der Waals surface area contributed by atoms with E-state index in [0.29, 0.717) is 6.61 Å². The first-order valence-electron chi connectivity index (χ1n) is 6.49. The predicted octanol–water partition coefficient (Wildman–Crippen LogP) is 1.64. The van der Waals surface area contributed by atoms with E-state index in [-0.39, 0.29) is 28.1 Å². The summed E-state index contributed by atoms with van der Waals surface area (Å²) in [5, 5.41) is 5.07. The molecule has 0 heterocycles. The maximum atomic E-state index is 11.9. The van der Waals surface area contributed by atoms with Gasteiger partial charge in [-0.05, 0) is 30.0 Å². The van der Waals surface area contributed by atoms with E-state index in [1.807, 2.05) is 13.8 Å². The Morgan fingerprint density at radius 3 is 2.30 bits per heavy atom. The number of primary sulfonamides is 1. The number of ether oxygens (including phenoxy) is 1. The van der Waals surface area contributed by atoms with E-state index in [1.54, 1.807) is 19.1 Å². The van der Waals surface area contributed by atoms with E-state index < -0.39 is 10.0 Å². The van der Waals surface area contributed by atoms with Gasteiger partial charge >= 0.3 is 5.97 Å². The molecule has 0 bridgehead atoms. The highest BCUT2D eigenvalue weighted by Gasteiger charge is 2.63. The molecule has 20 heavy (non-hydrogen) atoms. The van der Waals surface area contributed by atoms with Crippen LogP contribution in [0.1, 0.15) is 32.3 Å². The number of hydrogen-bond donors (Lipinski definition) is 1. The minimum atomic E-state index is -3.68. The molecule has 1 aromatic rings. The highest BCUT2D eigenvalue weighted by atomic mass is 32.2. The molecule has 1 aliphatic rings. The van der Waals surface area contributed by atoms with Gasteiger partial charge in [-0.2, -0.15) is 0 Å². The average Bonchev–Trinajstić information content (AvgIpc) is 2.92. The maximum Gasteiger partial charge on any atom is 0.310 e. The van der Waals surface area contributed by atoms with E-state index in [4.69, 9.17) is 9.88 Å². The van der Waals surface area contributed by atoms with Crippen molar-refractivity contribution in [3.8, 4) is 0 Å². The smallest absolute Gasteiger partial charge is 0.310 e. The van der Waals surface area contributed by atoms with Crippen molar-refractivity contribution < 1.29 is 17.9 Å². The summed E-state index contributed by atoms with van der Waals surface area (Å²) in [6.07, 6.45) is 0. The van der Waals surface area contributed by atoms with E-state index >= 15 is 0 Å². The second-order valence-electron chi connectivity index (χ2n) is 5.64. The quantitative estimate of drug-likeness (QED) is 0.856. The molecule has 2 rings (SSSR count). The van der Waals surface area contributed by atoms with E-state index in [2.05, 4.69) is 0 Å². The van der Waals surface area contributed by atoms with Gasteiger partial charge in [0.15, 0.2) is 0 Å². The molecular formula is C14H19NO4S. The second-order valence-corrected chi connectivity index (χ2v) is 7.20. The van der Waals surface area contributed by atoms with Crippen LogP contribution in [0.5, 0.6) is 0 Å². The first-order valence-corrected chi connectivity index (χ1v) is 8.03. The van der Waals surface area contributed by atoms with Gasteiger partial charge in [0.05, 0.1) is 17.4 Å². The summed E-state index contributed by atoms with van der Waals surface area (Å²) in [5.74, 6) is -0.322. The topological polar surface area (TPSA) is 86.5 Å². The summed E-state index contributed by atoms with van der Waals surface area (Å²) in [6.45, 7) is 6.16. The highest BCUT2D eigenvalue weighted by molar-refractivity contribution is 7.89. The molecule has 0 amide bonds. The lowest BCUT2D eigenvalue weighted by atomic mass is 10.0. The van der Waals surface area contributed by atoms with Crippen LogP contribution >= 0.6 is 0 Å². The first-order chi connectivity index (χ1) is 9.19. The number of carbonyl (C=O) groups is 1. The predicted molar refractivity (Wildman–Crippen MR) is 74.5 cm³/mol. The molecule has 0 radical (unpaired) electrons. The third kappa shape index (κ3) is 2.58. The van der Waals surface area contributed by atoms with Gasteiger partial charge in [-0.3, -0.25) is 4.79 Å². The number of esters is 1. The van der Waals surface area contributed by atoms with E-state index in [0.717, 1.165) is 5.56 Å². The molecule has 1 aliphatic carbocycles. The molecule has 0 spiro atoms. The van der Waals surface area contributed by atoms with Crippen LogP contribution in [0, 0.1) is 11.3 Å². The lowest BCUT2D eigenvalue weighted by Crippen LogP contribution is -2.12. The summed E-state index contributed by atoms with van der Waals surface area (Å²) >= 11 is 0. The SMILES string of the molecule is CCOC(=O)C1[C@@H](c2ccc(S(N)(=O)=O)cc2)C1(C)C. The van der Waals surface area contributed by atoms with Crippen molar-refractivity contribution in [3.05, 3.63) is 29.8 Å². The van der Waals surface area contributed by atoms with Crippen LogP contribution in [0.4, 0.5) is 0 Å². The van der Waals surface area contributed by atoms with Crippen molar-refractivity contribution in [2.75, 3.05) is 6.61 Å². The highest BCUT2D eigenvalue weighted by Crippen LogP contribution is 2.64. The van der Waals surface area contributed by atoms with Crippen molar-refractivity contribution in [3.63, 3.8) is 0 Å². The Balaban J connectivity index is 2.23. The van der Waals surface area contributed by atoms with Crippen LogP contribution in [0.25, 0.3) is 0 Å². The monoisotopic (exact) mass is 297 g/mol. The molecule has 110 valence electrons. The largest absolute Gasteiger partial charge is 0.466 e. The number of sulfonamides is 1. The lowest BCUT2D eigenvalue weighted by molar-refractivity contribution is -0.145. The normalized spacial score (nSPS) is 24.2. The Bertz CT molecular complexity index is 619. The first kappa shape index (κ1) is 15.0. The molecule has 2 N–H and O–H groups in total. The molecule has 6 heteroatoms. The van der Waals surface area contributed by atoms with Gasteiger partial charge < -0.3 is 4.74 Å². The molecule has 1 fully saturated rings. The maximum absolute atomic E-state index is 11.9. The van der Waals surface area contributed by atoms with Gasteiger partial charge in [0.1, 0.15) is 0 Å². The molecule has 0 aromatic heterocycles. The molecular weight excluding hydrogens is 278 g/mol. The van der Waals surface area contributed by atoms with Gasteiger partial charge in [-0.15, -0.1) is 0 Å². The fraction of sp³-hybridized carbons (Fsp3) is 0.500. The van der Waals surface area contributed by atoms with E-state index in [9.17, 15) is 13.2 Å². The van der Waals surface area contributed by atoms with Gasteiger partial charge in [-0.25, -0.2) is 13.6 Å². The molecule has 0 aliphatic heterocycles. The zero-order chi connectivity index (χ0) is 15.1. The third-order valence-electron chi connectivity index (χ3n) is 3.94. The van der Waals surface area contributed by atoms with Crippen LogP contribution in [0.2, 0.25) is 0 Å². The molecule has 0 saturated heterocycles. The van der Waals surface area contributed by atoms with Crippen LogP contribution in [0.3, 0.4) is 0 Å². The fourth-order valence-corrected chi connectivity index (χ4v) is 3.31. The van der Waals surface area contributed by atoms with Crippen molar-refractivity contribution in [2.45, 2.75) is 31.6 Å². The van der Waals surface area contributed by atoms with Crippen LogP contribution < -0.4 is 5.14 Å². The summed E-state index contributed by atoms with van der Waals surface area (Å²) < 4.78 is 27.5. The number of nitrogens with two attached hydrogens (primary N) is 1. The minimum Gasteiger partial charge on any atom is -0.466 e. The Morgan fingerprint density at radius 2 is 1.85 bits per heavy atom. The van der Waals surface area contributed by atoms with E-state index in [1.165, 1.54) is 12.1 Å².